The van der Waals surface area contributed by atoms with Crippen molar-refractivity contribution >= 4 is 5.91 Å². The number of carbonyl (C=O) groups is 1. The minimum atomic E-state index is 0.254. The van der Waals surface area contributed by atoms with Crippen molar-refractivity contribution in [2.45, 2.75) is 32.1 Å². The van der Waals surface area contributed by atoms with E-state index in [0.717, 1.165) is 45.4 Å². The third kappa shape index (κ3) is 2.47. The van der Waals surface area contributed by atoms with E-state index in [1.807, 2.05) is 0 Å². The monoisotopic (exact) mass is 197 g/mol. The lowest BCUT2D eigenvalue weighted by molar-refractivity contribution is -0.125. The maximum Gasteiger partial charge on any atom is 0.223 e. The van der Waals surface area contributed by atoms with Crippen LogP contribution in [0.1, 0.15) is 32.1 Å². The quantitative estimate of drug-likeness (QED) is 0.725. The predicted molar refractivity (Wildman–Crippen MR) is 53.9 cm³/mol. The summed E-state index contributed by atoms with van der Waals surface area (Å²) in [5.74, 6) is 1.16. The van der Waals surface area contributed by atoms with Crippen LogP contribution in [-0.2, 0) is 9.53 Å². The first kappa shape index (κ1) is 9.97. The zero-order valence-electron chi connectivity index (χ0n) is 8.63. The largest absolute Gasteiger partial charge is 0.381 e. The van der Waals surface area contributed by atoms with Gasteiger partial charge >= 0.3 is 0 Å². The number of ether oxygens (including phenoxy) is 1. The van der Waals surface area contributed by atoms with E-state index in [9.17, 15) is 4.79 Å². The molecule has 2 heterocycles. The van der Waals surface area contributed by atoms with Gasteiger partial charge in [-0.25, -0.2) is 0 Å². The zero-order chi connectivity index (χ0) is 9.80. The topological polar surface area (TPSA) is 38.3 Å². The number of amides is 1. The van der Waals surface area contributed by atoms with Gasteiger partial charge in [0.1, 0.15) is 0 Å². The minimum absolute atomic E-state index is 0.254. The first-order valence-electron chi connectivity index (χ1n) is 5.71. The predicted octanol–water partition coefficient (Wildman–Crippen LogP) is 1.33. The van der Waals surface area contributed by atoms with Crippen LogP contribution in [0.2, 0.25) is 0 Å². The lowest BCUT2D eigenvalue weighted by Crippen LogP contribution is -2.30. The molecule has 2 saturated heterocycles. The van der Waals surface area contributed by atoms with Gasteiger partial charge in [-0.3, -0.25) is 4.79 Å². The highest BCUT2D eigenvalue weighted by molar-refractivity contribution is 5.78. The van der Waals surface area contributed by atoms with E-state index in [0.29, 0.717) is 5.92 Å². The van der Waals surface area contributed by atoms with Gasteiger partial charge in [-0.2, -0.15) is 0 Å². The van der Waals surface area contributed by atoms with Crippen LogP contribution in [0, 0.1) is 11.8 Å². The second-order valence-electron chi connectivity index (χ2n) is 4.45. The van der Waals surface area contributed by atoms with Crippen LogP contribution in [0.15, 0.2) is 0 Å². The van der Waals surface area contributed by atoms with Crippen molar-refractivity contribution in [2.75, 3.05) is 19.8 Å². The molecule has 0 radical (unpaired) electrons. The molecule has 80 valence electrons. The average molecular weight is 197 g/mol. The second kappa shape index (κ2) is 4.78. The van der Waals surface area contributed by atoms with Crippen molar-refractivity contribution in [3.8, 4) is 0 Å². The number of carbonyl (C=O) groups excluding carboxylic acids is 1. The Morgan fingerprint density at radius 1 is 1.36 bits per heavy atom. The molecule has 0 bridgehead atoms. The molecule has 2 atom stereocenters. The number of nitrogens with one attached hydrogen (secondary N) is 1. The first-order chi connectivity index (χ1) is 6.86. The molecule has 0 saturated carbocycles. The molecule has 2 unspecified atom stereocenters. The van der Waals surface area contributed by atoms with E-state index < -0.39 is 0 Å². The molecular weight excluding hydrogens is 178 g/mol. The van der Waals surface area contributed by atoms with E-state index in [-0.39, 0.29) is 11.8 Å². The summed E-state index contributed by atoms with van der Waals surface area (Å²) < 4.78 is 5.33. The molecule has 1 N–H and O–H groups in total. The van der Waals surface area contributed by atoms with Crippen LogP contribution < -0.4 is 5.32 Å². The van der Waals surface area contributed by atoms with E-state index in [1.165, 1.54) is 6.42 Å². The lowest BCUT2D eigenvalue weighted by Gasteiger charge is -2.16. The standard InChI is InChI=1S/C11H19NO2/c13-11-10(3-1-2-5-12-11)7-9-4-6-14-8-9/h9-10H,1-8H2,(H,12,13). The van der Waals surface area contributed by atoms with Gasteiger partial charge in [-0.15, -0.1) is 0 Å². The van der Waals surface area contributed by atoms with Crippen molar-refractivity contribution in [3.63, 3.8) is 0 Å². The van der Waals surface area contributed by atoms with Crippen molar-refractivity contribution in [1.29, 1.82) is 0 Å². The Labute approximate surface area is 85.2 Å². The molecule has 1 amide bonds. The zero-order valence-corrected chi connectivity index (χ0v) is 8.63. The summed E-state index contributed by atoms with van der Waals surface area (Å²) in [5.41, 5.74) is 0. The summed E-state index contributed by atoms with van der Waals surface area (Å²) in [7, 11) is 0. The summed E-state index contributed by atoms with van der Waals surface area (Å²) in [5, 5.41) is 2.99. The number of rotatable bonds is 2. The summed E-state index contributed by atoms with van der Waals surface area (Å²) in [6.07, 6.45) is 5.58. The Hall–Kier alpha value is -0.570. The van der Waals surface area contributed by atoms with E-state index in [2.05, 4.69) is 5.32 Å². The van der Waals surface area contributed by atoms with Crippen molar-refractivity contribution in [2.24, 2.45) is 11.8 Å². The fraction of sp³-hybridized carbons (Fsp3) is 0.909. The summed E-state index contributed by atoms with van der Waals surface area (Å²) in [4.78, 5) is 11.7. The van der Waals surface area contributed by atoms with Crippen molar-refractivity contribution < 1.29 is 9.53 Å². The molecule has 2 aliphatic rings. The van der Waals surface area contributed by atoms with E-state index in [1.54, 1.807) is 0 Å². The van der Waals surface area contributed by atoms with Crippen molar-refractivity contribution in [1.82, 2.24) is 5.32 Å². The highest BCUT2D eigenvalue weighted by Gasteiger charge is 2.26. The summed E-state index contributed by atoms with van der Waals surface area (Å²) in [6, 6.07) is 0. The molecule has 3 nitrogen and oxygen atoms in total. The van der Waals surface area contributed by atoms with Crippen LogP contribution in [0.25, 0.3) is 0 Å². The molecule has 0 aliphatic carbocycles. The van der Waals surface area contributed by atoms with Crippen LogP contribution in [0.4, 0.5) is 0 Å². The molecule has 14 heavy (non-hydrogen) atoms. The summed E-state index contributed by atoms with van der Waals surface area (Å²) >= 11 is 0. The van der Waals surface area contributed by atoms with Crippen LogP contribution in [0.3, 0.4) is 0 Å². The third-order valence-corrected chi connectivity index (χ3v) is 3.29. The normalized spacial score (nSPS) is 33.9. The molecule has 0 aromatic heterocycles. The molecule has 0 aromatic carbocycles. The fourth-order valence-corrected chi connectivity index (χ4v) is 2.40. The molecular formula is C11H19NO2. The summed E-state index contributed by atoms with van der Waals surface area (Å²) in [6.45, 7) is 2.62. The van der Waals surface area contributed by atoms with E-state index >= 15 is 0 Å². The second-order valence-corrected chi connectivity index (χ2v) is 4.45. The molecule has 0 spiro atoms. The van der Waals surface area contributed by atoms with Crippen LogP contribution in [0.5, 0.6) is 0 Å². The molecule has 0 aromatic rings. The van der Waals surface area contributed by atoms with E-state index in [4.69, 9.17) is 4.74 Å². The highest BCUT2D eigenvalue weighted by atomic mass is 16.5. The van der Waals surface area contributed by atoms with Gasteiger partial charge < -0.3 is 10.1 Å². The first-order valence-corrected chi connectivity index (χ1v) is 5.71. The lowest BCUT2D eigenvalue weighted by atomic mass is 9.90. The number of hydrogen-bond acceptors (Lipinski definition) is 2. The maximum atomic E-state index is 11.7. The van der Waals surface area contributed by atoms with Crippen LogP contribution in [-0.4, -0.2) is 25.7 Å². The Balaban J connectivity index is 1.84. The third-order valence-electron chi connectivity index (χ3n) is 3.29. The van der Waals surface area contributed by atoms with Crippen molar-refractivity contribution in [3.05, 3.63) is 0 Å². The van der Waals surface area contributed by atoms with Gasteiger partial charge in [-0.05, 0) is 31.6 Å². The Morgan fingerprint density at radius 2 is 2.29 bits per heavy atom. The fourth-order valence-electron chi connectivity index (χ4n) is 2.40. The van der Waals surface area contributed by atoms with Gasteiger partial charge in [-0.1, -0.05) is 6.42 Å². The molecule has 3 heteroatoms. The Bertz CT molecular complexity index is 199. The van der Waals surface area contributed by atoms with Gasteiger partial charge in [0.15, 0.2) is 0 Å². The minimum Gasteiger partial charge on any atom is -0.381 e. The smallest absolute Gasteiger partial charge is 0.223 e. The SMILES string of the molecule is O=C1NCCCCC1CC1CCOC1. The van der Waals surface area contributed by atoms with Gasteiger partial charge in [0, 0.05) is 25.7 Å². The molecule has 2 aliphatic heterocycles. The Kier molecular flexibility index (Phi) is 3.40. The molecule has 2 fully saturated rings. The average Bonchev–Trinajstić information content (AvgIpc) is 2.60. The number of hydrogen-bond donors (Lipinski definition) is 1. The van der Waals surface area contributed by atoms with Gasteiger partial charge in [0.2, 0.25) is 5.91 Å². The van der Waals surface area contributed by atoms with Crippen LogP contribution >= 0.6 is 0 Å². The van der Waals surface area contributed by atoms with Gasteiger partial charge in [0.25, 0.3) is 0 Å². The van der Waals surface area contributed by atoms with Gasteiger partial charge in [0.05, 0.1) is 0 Å². The maximum absolute atomic E-state index is 11.7. The molecule has 2 rings (SSSR count). The highest BCUT2D eigenvalue weighted by Crippen LogP contribution is 2.25. The Morgan fingerprint density at radius 3 is 3.07 bits per heavy atom.